The number of hydrogen-bond acceptors (Lipinski definition) is 3. The van der Waals surface area contributed by atoms with Crippen molar-refractivity contribution in [2.75, 3.05) is 13.1 Å². The van der Waals surface area contributed by atoms with Crippen LogP contribution in [0.15, 0.2) is 0 Å². The molecule has 0 heterocycles. The lowest BCUT2D eigenvalue weighted by atomic mass is 9.89. The summed E-state index contributed by atoms with van der Waals surface area (Å²) in [4.78, 5) is 0. The molecule has 0 aliphatic heterocycles. The minimum atomic E-state index is -3.45. The van der Waals surface area contributed by atoms with Crippen LogP contribution >= 0.6 is 0 Å². The Bertz CT molecular complexity index is 283. The first-order chi connectivity index (χ1) is 7.16. The van der Waals surface area contributed by atoms with Gasteiger partial charge in [-0.3, -0.25) is 0 Å². The molecule has 0 fully saturated rings. The molecule has 16 heavy (non-hydrogen) atoms. The van der Waals surface area contributed by atoms with Crippen LogP contribution in [0.4, 0.5) is 0 Å². The van der Waals surface area contributed by atoms with Crippen molar-refractivity contribution in [1.29, 1.82) is 0 Å². The van der Waals surface area contributed by atoms with E-state index in [0.717, 1.165) is 6.42 Å². The Morgan fingerprint density at radius 1 is 1.25 bits per heavy atom. The summed E-state index contributed by atoms with van der Waals surface area (Å²) in [6, 6.07) is 0. The molecule has 5 nitrogen and oxygen atoms in total. The maximum absolute atomic E-state index is 11.3. The van der Waals surface area contributed by atoms with E-state index in [1.807, 2.05) is 27.7 Å². The van der Waals surface area contributed by atoms with Gasteiger partial charge in [-0.05, 0) is 18.3 Å². The number of aliphatic hydroxyl groups excluding tert-OH is 1. The first kappa shape index (κ1) is 15.8. The van der Waals surface area contributed by atoms with Crippen molar-refractivity contribution in [2.45, 2.75) is 46.6 Å². The largest absolute Gasteiger partial charge is 0.392 e. The zero-order valence-corrected chi connectivity index (χ0v) is 11.4. The van der Waals surface area contributed by atoms with E-state index in [1.165, 1.54) is 0 Å². The number of nitrogens with one attached hydrogen (secondary N) is 2. The molecule has 6 heteroatoms. The molecule has 0 aliphatic carbocycles. The minimum absolute atomic E-state index is 0.0122. The van der Waals surface area contributed by atoms with Gasteiger partial charge in [0.2, 0.25) is 0 Å². The maximum Gasteiger partial charge on any atom is 0.276 e. The van der Waals surface area contributed by atoms with E-state index in [4.69, 9.17) is 0 Å². The molecule has 0 bridgehead atoms. The molecular weight excluding hydrogens is 228 g/mol. The van der Waals surface area contributed by atoms with E-state index >= 15 is 0 Å². The van der Waals surface area contributed by atoms with E-state index in [1.54, 1.807) is 0 Å². The van der Waals surface area contributed by atoms with Crippen LogP contribution in [-0.2, 0) is 10.2 Å². The first-order valence-corrected chi connectivity index (χ1v) is 7.07. The third kappa shape index (κ3) is 9.08. The first-order valence-electron chi connectivity index (χ1n) is 5.58. The molecule has 1 atom stereocenters. The summed E-state index contributed by atoms with van der Waals surface area (Å²) in [6.07, 6.45) is 0.646. The molecule has 0 aromatic heterocycles. The lowest BCUT2D eigenvalue weighted by Crippen LogP contribution is -2.41. The molecule has 0 aromatic carbocycles. The zero-order valence-electron chi connectivity index (χ0n) is 10.6. The lowest BCUT2D eigenvalue weighted by molar-refractivity contribution is 0.125. The van der Waals surface area contributed by atoms with Crippen molar-refractivity contribution in [3.05, 3.63) is 0 Å². The van der Waals surface area contributed by atoms with Gasteiger partial charge < -0.3 is 5.11 Å². The highest BCUT2D eigenvalue weighted by Gasteiger charge is 2.18. The van der Waals surface area contributed by atoms with Crippen molar-refractivity contribution in [1.82, 2.24) is 9.44 Å². The molecule has 0 aromatic rings. The van der Waals surface area contributed by atoms with E-state index in [0.29, 0.717) is 13.0 Å². The van der Waals surface area contributed by atoms with Crippen molar-refractivity contribution in [3.8, 4) is 0 Å². The SMILES string of the molecule is CCCNS(=O)(=O)NCC(O)CC(C)(C)C. The summed E-state index contributed by atoms with van der Waals surface area (Å²) in [5, 5.41) is 9.62. The fraction of sp³-hybridized carbons (Fsp3) is 1.00. The van der Waals surface area contributed by atoms with Crippen LogP contribution < -0.4 is 9.44 Å². The van der Waals surface area contributed by atoms with Gasteiger partial charge in [-0.15, -0.1) is 0 Å². The van der Waals surface area contributed by atoms with Crippen LogP contribution in [0.3, 0.4) is 0 Å². The van der Waals surface area contributed by atoms with Crippen molar-refractivity contribution in [2.24, 2.45) is 5.41 Å². The molecule has 0 spiro atoms. The molecule has 0 saturated carbocycles. The summed E-state index contributed by atoms with van der Waals surface area (Å²) >= 11 is 0. The third-order valence-corrected chi connectivity index (χ3v) is 3.03. The standard InChI is InChI=1S/C10H24N2O3S/c1-5-6-11-16(14,15)12-8-9(13)7-10(2,3)4/h9,11-13H,5-8H2,1-4H3. The summed E-state index contributed by atoms with van der Waals surface area (Å²) in [7, 11) is -3.45. The third-order valence-electron chi connectivity index (χ3n) is 1.90. The predicted molar refractivity (Wildman–Crippen MR) is 65.3 cm³/mol. The highest BCUT2D eigenvalue weighted by Crippen LogP contribution is 2.20. The van der Waals surface area contributed by atoms with Crippen LogP contribution in [0.5, 0.6) is 0 Å². The Balaban J connectivity index is 3.95. The Morgan fingerprint density at radius 3 is 2.25 bits per heavy atom. The van der Waals surface area contributed by atoms with Crippen LogP contribution in [-0.4, -0.2) is 32.7 Å². The molecule has 98 valence electrons. The topological polar surface area (TPSA) is 78.4 Å². The van der Waals surface area contributed by atoms with Crippen molar-refractivity contribution >= 4 is 10.2 Å². The normalized spacial score (nSPS) is 15.1. The van der Waals surface area contributed by atoms with Crippen LogP contribution in [0, 0.1) is 5.41 Å². The molecule has 0 aliphatic rings. The van der Waals surface area contributed by atoms with Crippen LogP contribution in [0.1, 0.15) is 40.5 Å². The van der Waals surface area contributed by atoms with Crippen molar-refractivity contribution < 1.29 is 13.5 Å². The fourth-order valence-corrected chi connectivity index (χ4v) is 2.26. The number of rotatable bonds is 7. The Kier molecular flexibility index (Phi) is 6.47. The van der Waals surface area contributed by atoms with E-state index in [2.05, 4.69) is 9.44 Å². The van der Waals surface area contributed by atoms with Gasteiger partial charge >= 0.3 is 0 Å². The van der Waals surface area contributed by atoms with Gasteiger partial charge in [-0.1, -0.05) is 27.7 Å². The highest BCUT2D eigenvalue weighted by atomic mass is 32.2. The van der Waals surface area contributed by atoms with Gasteiger partial charge in [0.25, 0.3) is 10.2 Å². The average molecular weight is 252 g/mol. The summed E-state index contributed by atoms with van der Waals surface area (Å²) in [6.45, 7) is 8.35. The Labute approximate surface area is 98.8 Å². The lowest BCUT2D eigenvalue weighted by Gasteiger charge is -2.22. The summed E-state index contributed by atoms with van der Waals surface area (Å²) < 4.78 is 27.4. The zero-order chi connectivity index (χ0) is 12.8. The van der Waals surface area contributed by atoms with Gasteiger partial charge in [0, 0.05) is 13.1 Å². The fourth-order valence-electron chi connectivity index (χ4n) is 1.27. The smallest absolute Gasteiger partial charge is 0.276 e. The van der Waals surface area contributed by atoms with E-state index < -0.39 is 16.3 Å². The summed E-state index contributed by atoms with van der Waals surface area (Å²) in [5.41, 5.74) is -0.0122. The Hall–Kier alpha value is -0.170. The number of aliphatic hydroxyl groups is 1. The van der Waals surface area contributed by atoms with Gasteiger partial charge in [-0.25, -0.2) is 4.72 Å². The van der Waals surface area contributed by atoms with Crippen LogP contribution in [0.25, 0.3) is 0 Å². The van der Waals surface area contributed by atoms with Crippen LogP contribution in [0.2, 0.25) is 0 Å². The number of hydrogen-bond donors (Lipinski definition) is 3. The molecular formula is C10H24N2O3S. The second-order valence-corrected chi connectivity index (χ2v) is 6.75. The molecule has 1 unspecified atom stereocenters. The second-order valence-electron chi connectivity index (χ2n) is 5.16. The Morgan fingerprint density at radius 2 is 1.81 bits per heavy atom. The van der Waals surface area contributed by atoms with Gasteiger partial charge in [0.05, 0.1) is 6.10 Å². The molecule has 0 saturated heterocycles. The second kappa shape index (κ2) is 6.54. The minimum Gasteiger partial charge on any atom is -0.392 e. The summed E-state index contributed by atoms with van der Waals surface area (Å²) in [5.74, 6) is 0. The van der Waals surface area contributed by atoms with Gasteiger partial charge in [0.15, 0.2) is 0 Å². The average Bonchev–Trinajstić information content (AvgIpc) is 2.09. The molecule has 0 rings (SSSR count). The molecule has 0 radical (unpaired) electrons. The molecule has 3 N–H and O–H groups in total. The van der Waals surface area contributed by atoms with Gasteiger partial charge in [-0.2, -0.15) is 13.1 Å². The monoisotopic (exact) mass is 252 g/mol. The maximum atomic E-state index is 11.3. The highest BCUT2D eigenvalue weighted by molar-refractivity contribution is 7.87. The quantitative estimate of drug-likeness (QED) is 0.621. The van der Waals surface area contributed by atoms with Crippen molar-refractivity contribution in [3.63, 3.8) is 0 Å². The van der Waals surface area contributed by atoms with Gasteiger partial charge in [0.1, 0.15) is 0 Å². The predicted octanol–water partition coefficient (Wildman–Crippen LogP) is 0.618. The van der Waals surface area contributed by atoms with E-state index in [-0.39, 0.29) is 12.0 Å². The molecule has 0 amide bonds. The van der Waals surface area contributed by atoms with E-state index in [9.17, 15) is 13.5 Å².